The van der Waals surface area contributed by atoms with E-state index in [9.17, 15) is 13.2 Å². The van der Waals surface area contributed by atoms with Gasteiger partial charge in [-0.05, 0) is 18.2 Å². The lowest BCUT2D eigenvalue weighted by molar-refractivity contribution is -0.137. The molecule has 0 aliphatic carbocycles. The van der Waals surface area contributed by atoms with E-state index in [2.05, 4.69) is 20.5 Å². The van der Waals surface area contributed by atoms with Crippen LogP contribution in [0.25, 0.3) is 0 Å². The van der Waals surface area contributed by atoms with Crippen LogP contribution in [0.15, 0.2) is 72.1 Å². The first-order valence-corrected chi connectivity index (χ1v) is 7.86. The molecule has 0 bridgehead atoms. The molecule has 0 atom stereocenters. The van der Waals surface area contributed by atoms with E-state index in [1.165, 1.54) is 0 Å². The van der Waals surface area contributed by atoms with E-state index in [1.54, 1.807) is 18.3 Å². The van der Waals surface area contributed by atoms with Crippen molar-refractivity contribution in [1.29, 1.82) is 0 Å². The topological polar surface area (TPSA) is 50.2 Å². The Balaban J connectivity index is 1.95. The molecule has 0 aliphatic heterocycles. The van der Waals surface area contributed by atoms with Crippen LogP contribution in [0.5, 0.6) is 0 Å². The number of halogens is 4. The van der Waals surface area contributed by atoms with Gasteiger partial charge in [0.15, 0.2) is 5.82 Å². The third kappa shape index (κ3) is 4.18. The molecule has 0 fully saturated rings. The fourth-order valence-electron chi connectivity index (χ4n) is 2.15. The van der Waals surface area contributed by atoms with Gasteiger partial charge in [0.25, 0.3) is 0 Å². The molecule has 3 aromatic rings. The minimum Gasteiger partial charge on any atom is -0.259 e. The van der Waals surface area contributed by atoms with E-state index in [-0.39, 0.29) is 10.8 Å². The van der Waals surface area contributed by atoms with Crippen LogP contribution in [0.2, 0.25) is 5.02 Å². The van der Waals surface area contributed by atoms with Crippen LogP contribution in [0.1, 0.15) is 16.8 Å². The molecule has 0 unspecified atom stereocenters. The average Bonchev–Trinajstić information content (AvgIpc) is 2.64. The van der Waals surface area contributed by atoms with Crippen molar-refractivity contribution in [3.63, 3.8) is 0 Å². The molecule has 0 aliphatic rings. The van der Waals surface area contributed by atoms with Crippen LogP contribution in [-0.2, 0) is 6.18 Å². The van der Waals surface area contributed by atoms with Crippen LogP contribution >= 0.6 is 11.6 Å². The van der Waals surface area contributed by atoms with E-state index >= 15 is 0 Å². The van der Waals surface area contributed by atoms with Crippen LogP contribution < -0.4 is 5.43 Å². The lowest BCUT2D eigenvalue weighted by atomic mass is 10.1. The largest absolute Gasteiger partial charge is 0.417 e. The van der Waals surface area contributed by atoms with Gasteiger partial charge in [-0.1, -0.05) is 48.0 Å². The van der Waals surface area contributed by atoms with E-state index < -0.39 is 11.7 Å². The van der Waals surface area contributed by atoms with Gasteiger partial charge in [0.2, 0.25) is 0 Å². The summed E-state index contributed by atoms with van der Waals surface area (Å²) in [5.41, 5.74) is 3.58. The predicted octanol–water partition coefficient (Wildman–Crippen LogP) is 5.01. The Morgan fingerprint density at radius 2 is 1.73 bits per heavy atom. The van der Waals surface area contributed by atoms with Gasteiger partial charge in [0.1, 0.15) is 5.71 Å². The van der Waals surface area contributed by atoms with Crippen molar-refractivity contribution in [1.82, 2.24) is 9.97 Å². The first kappa shape index (κ1) is 17.9. The van der Waals surface area contributed by atoms with E-state index in [1.807, 2.05) is 36.4 Å². The summed E-state index contributed by atoms with van der Waals surface area (Å²) in [6.07, 6.45) is -2.19. The van der Waals surface area contributed by atoms with Crippen molar-refractivity contribution in [2.24, 2.45) is 5.10 Å². The standard InChI is InChI=1S/C18H12ClF3N4/c19-14-10-13(18(20,21)22)11-24-17(14)26-25-16(12-6-2-1-3-7-12)15-8-4-5-9-23-15/h1-11H,(H,24,26)/b25-16+. The molecular weight excluding hydrogens is 365 g/mol. The molecule has 8 heteroatoms. The highest BCUT2D eigenvalue weighted by Gasteiger charge is 2.31. The molecule has 0 saturated carbocycles. The van der Waals surface area contributed by atoms with Crippen LogP contribution in [0.4, 0.5) is 19.0 Å². The SMILES string of the molecule is FC(F)(F)c1cnc(N/N=C(\c2ccccc2)c2ccccn2)c(Cl)c1. The van der Waals surface area contributed by atoms with Crippen LogP contribution in [0.3, 0.4) is 0 Å². The van der Waals surface area contributed by atoms with Gasteiger partial charge >= 0.3 is 6.18 Å². The summed E-state index contributed by atoms with van der Waals surface area (Å²) in [6.45, 7) is 0. The number of rotatable bonds is 4. The molecule has 3 rings (SSSR count). The summed E-state index contributed by atoms with van der Waals surface area (Å²) in [5, 5.41) is 4.08. The molecule has 0 spiro atoms. The van der Waals surface area contributed by atoms with Gasteiger partial charge in [0.05, 0.1) is 16.3 Å². The van der Waals surface area contributed by atoms with Crippen molar-refractivity contribution >= 4 is 23.1 Å². The number of nitrogens with one attached hydrogen (secondary N) is 1. The molecular formula is C18H12ClF3N4. The molecule has 0 amide bonds. The minimum atomic E-state index is -4.51. The maximum Gasteiger partial charge on any atom is 0.417 e. The number of alkyl halides is 3. The lowest BCUT2D eigenvalue weighted by Crippen LogP contribution is -2.10. The Morgan fingerprint density at radius 3 is 2.35 bits per heavy atom. The normalized spacial score (nSPS) is 12.1. The number of hydrogen-bond acceptors (Lipinski definition) is 4. The summed E-state index contributed by atoms with van der Waals surface area (Å²) < 4.78 is 38.1. The second-order valence-electron chi connectivity index (χ2n) is 5.21. The van der Waals surface area contributed by atoms with Gasteiger partial charge in [-0.15, -0.1) is 0 Å². The minimum absolute atomic E-state index is 0.0176. The van der Waals surface area contributed by atoms with Gasteiger partial charge < -0.3 is 0 Å². The highest BCUT2D eigenvalue weighted by molar-refractivity contribution is 6.33. The zero-order valence-corrected chi connectivity index (χ0v) is 14.0. The number of nitrogens with zero attached hydrogens (tertiary/aromatic N) is 3. The number of benzene rings is 1. The Bertz CT molecular complexity index is 871. The quantitative estimate of drug-likeness (QED) is 0.514. The van der Waals surface area contributed by atoms with Gasteiger partial charge in [0, 0.05) is 18.0 Å². The van der Waals surface area contributed by atoms with Crippen molar-refractivity contribution in [2.75, 3.05) is 5.43 Å². The number of hydrazone groups is 1. The molecule has 0 radical (unpaired) electrons. The maximum absolute atomic E-state index is 12.7. The number of hydrogen-bond donors (Lipinski definition) is 1. The Morgan fingerprint density at radius 1 is 1.00 bits per heavy atom. The lowest BCUT2D eigenvalue weighted by Gasteiger charge is -2.10. The van der Waals surface area contributed by atoms with Crippen LogP contribution in [0, 0.1) is 0 Å². The van der Waals surface area contributed by atoms with Gasteiger partial charge in [-0.2, -0.15) is 18.3 Å². The van der Waals surface area contributed by atoms with Crippen molar-refractivity contribution < 1.29 is 13.2 Å². The molecule has 26 heavy (non-hydrogen) atoms. The highest BCUT2D eigenvalue weighted by atomic mass is 35.5. The molecule has 1 N–H and O–H groups in total. The Kier molecular flexibility index (Phi) is 5.18. The average molecular weight is 377 g/mol. The highest BCUT2D eigenvalue weighted by Crippen LogP contribution is 2.32. The summed E-state index contributed by atoms with van der Waals surface area (Å²) in [6, 6.07) is 15.4. The summed E-state index contributed by atoms with van der Waals surface area (Å²) in [7, 11) is 0. The third-order valence-corrected chi connectivity index (χ3v) is 3.68. The summed E-state index contributed by atoms with van der Waals surface area (Å²) >= 11 is 5.90. The van der Waals surface area contributed by atoms with Gasteiger partial charge in [-0.25, -0.2) is 4.98 Å². The summed E-state index contributed by atoms with van der Waals surface area (Å²) in [5.74, 6) is 0.0176. The second kappa shape index (κ2) is 7.53. The first-order chi connectivity index (χ1) is 12.4. The zero-order chi connectivity index (χ0) is 18.6. The van der Waals surface area contributed by atoms with E-state index in [4.69, 9.17) is 11.6 Å². The molecule has 2 heterocycles. The monoisotopic (exact) mass is 376 g/mol. The zero-order valence-electron chi connectivity index (χ0n) is 13.2. The van der Waals surface area contributed by atoms with Gasteiger partial charge in [-0.3, -0.25) is 10.4 Å². The predicted molar refractivity (Wildman–Crippen MR) is 94.2 cm³/mol. The fraction of sp³-hybridized carbons (Fsp3) is 0.0556. The second-order valence-corrected chi connectivity index (χ2v) is 5.61. The first-order valence-electron chi connectivity index (χ1n) is 7.48. The van der Waals surface area contributed by atoms with E-state index in [0.29, 0.717) is 17.6 Å². The fourth-order valence-corrected chi connectivity index (χ4v) is 2.36. The maximum atomic E-state index is 12.7. The van der Waals surface area contributed by atoms with Crippen LogP contribution in [-0.4, -0.2) is 15.7 Å². The molecule has 1 aromatic carbocycles. The van der Waals surface area contributed by atoms with Crippen molar-refractivity contribution in [3.05, 3.63) is 88.8 Å². The third-order valence-electron chi connectivity index (χ3n) is 3.40. The Labute approximate surface area is 152 Å². The van der Waals surface area contributed by atoms with E-state index in [0.717, 1.165) is 11.6 Å². The number of pyridine rings is 2. The molecule has 0 saturated heterocycles. The van der Waals surface area contributed by atoms with Crippen molar-refractivity contribution in [3.8, 4) is 0 Å². The Hall–Kier alpha value is -2.93. The van der Waals surface area contributed by atoms with Crippen molar-refractivity contribution in [2.45, 2.75) is 6.18 Å². The summed E-state index contributed by atoms with van der Waals surface area (Å²) in [4.78, 5) is 7.98. The molecule has 2 aromatic heterocycles. The number of anilines is 1. The smallest absolute Gasteiger partial charge is 0.259 e. The number of aromatic nitrogens is 2. The molecule has 4 nitrogen and oxygen atoms in total. The molecule has 132 valence electrons.